The van der Waals surface area contributed by atoms with E-state index in [2.05, 4.69) is 360 Å². The molecule has 7 aromatic carbocycles. The van der Waals surface area contributed by atoms with Crippen LogP contribution < -0.4 is 0 Å². The van der Waals surface area contributed by atoms with Crippen molar-refractivity contribution in [2.75, 3.05) is 0 Å². The number of aryl methyl sites for hydroxylation is 8. The van der Waals surface area contributed by atoms with Crippen molar-refractivity contribution in [1.82, 2.24) is 0 Å². The molecule has 0 radical (unpaired) electrons. The van der Waals surface area contributed by atoms with Crippen LogP contribution in [0.5, 0.6) is 0 Å². The Kier molecular flexibility index (Phi) is 37.6. The normalized spacial score (nSPS) is 11.6. The highest BCUT2D eigenvalue weighted by atomic mass is 14.2. The van der Waals surface area contributed by atoms with Gasteiger partial charge in [0.25, 0.3) is 0 Å². The molecular formula is C88H134. The molecule has 0 aromatic heterocycles. The van der Waals surface area contributed by atoms with E-state index in [9.17, 15) is 0 Å². The third-order valence-corrected chi connectivity index (χ3v) is 15.3. The number of hydrogen-bond donors (Lipinski definition) is 0. The van der Waals surface area contributed by atoms with E-state index in [0.717, 1.165) is 6.42 Å². The van der Waals surface area contributed by atoms with E-state index >= 15 is 0 Å². The van der Waals surface area contributed by atoms with Gasteiger partial charge in [0.2, 0.25) is 0 Å². The molecule has 0 saturated carbocycles. The number of rotatable bonds is 16. The Bertz CT molecular complexity index is 2670. The molecule has 0 amide bonds. The fourth-order valence-corrected chi connectivity index (χ4v) is 9.62. The molecule has 0 unspecified atom stereocenters. The summed E-state index contributed by atoms with van der Waals surface area (Å²) >= 11 is 0. The van der Waals surface area contributed by atoms with Crippen LogP contribution in [0, 0.1) is 53.3 Å². The van der Waals surface area contributed by atoms with E-state index in [4.69, 9.17) is 0 Å². The van der Waals surface area contributed by atoms with Crippen LogP contribution in [-0.4, -0.2) is 0 Å². The van der Waals surface area contributed by atoms with E-state index in [1.54, 1.807) is 0 Å². The Morgan fingerprint density at radius 3 is 0.727 bits per heavy atom. The molecule has 0 bridgehead atoms. The van der Waals surface area contributed by atoms with E-state index in [-0.39, 0.29) is 0 Å². The monoisotopic (exact) mass is 1190 g/mol. The van der Waals surface area contributed by atoms with Gasteiger partial charge in [-0.15, -0.1) is 0 Å². The van der Waals surface area contributed by atoms with Gasteiger partial charge >= 0.3 is 0 Å². The predicted molar refractivity (Wildman–Crippen MR) is 399 cm³/mol. The topological polar surface area (TPSA) is 0 Å². The average Bonchev–Trinajstić information content (AvgIpc) is 3.50. The molecule has 0 aliphatic carbocycles. The largest absolute Gasteiger partial charge is 0.0654 e. The summed E-state index contributed by atoms with van der Waals surface area (Å²) in [7, 11) is 0. The van der Waals surface area contributed by atoms with Gasteiger partial charge in [-0.2, -0.15) is 0 Å². The molecule has 0 N–H and O–H groups in total. The molecule has 88 heavy (non-hydrogen) atoms. The van der Waals surface area contributed by atoms with Gasteiger partial charge in [-0.25, -0.2) is 0 Å². The first-order valence-corrected chi connectivity index (χ1v) is 34.2. The highest BCUT2D eigenvalue weighted by Gasteiger charge is 2.18. The predicted octanol–water partition coefficient (Wildman–Crippen LogP) is 27.1. The lowest BCUT2D eigenvalue weighted by Crippen LogP contribution is -2.16. The molecule has 0 atom stereocenters. The Morgan fingerprint density at radius 2 is 0.466 bits per heavy atom. The smallest absolute Gasteiger partial charge is 0.0104 e. The van der Waals surface area contributed by atoms with Crippen molar-refractivity contribution < 1.29 is 0 Å². The second-order valence-electron chi connectivity index (χ2n) is 33.2. The number of benzene rings is 7. The third kappa shape index (κ3) is 47.5. The molecule has 0 nitrogen and oxygen atoms in total. The summed E-state index contributed by atoms with van der Waals surface area (Å²) in [6.07, 6.45) is 18.7. The van der Waals surface area contributed by atoms with Crippen LogP contribution in [0.4, 0.5) is 0 Å². The maximum absolute atomic E-state index is 2.31. The molecule has 7 rings (SSSR count). The second kappa shape index (κ2) is 41.0. The fourth-order valence-electron chi connectivity index (χ4n) is 9.62. The highest BCUT2D eigenvalue weighted by Crippen LogP contribution is 2.29. The quantitative estimate of drug-likeness (QED) is 0.0905. The van der Waals surface area contributed by atoms with Crippen molar-refractivity contribution in [1.29, 1.82) is 0 Å². The van der Waals surface area contributed by atoms with Gasteiger partial charge in [-0.3, -0.25) is 0 Å². The van der Waals surface area contributed by atoms with Crippen molar-refractivity contribution in [3.8, 4) is 0 Å². The average molecular weight is 1190 g/mol. The minimum absolute atomic E-state index is 0.343. The van der Waals surface area contributed by atoms with Crippen LogP contribution in [0.25, 0.3) is 0 Å². The zero-order valence-electron chi connectivity index (χ0n) is 61.6. The van der Waals surface area contributed by atoms with Crippen molar-refractivity contribution in [3.05, 3.63) is 250 Å². The van der Waals surface area contributed by atoms with Crippen molar-refractivity contribution >= 4 is 0 Å². The van der Waals surface area contributed by atoms with E-state index < -0.39 is 0 Å². The van der Waals surface area contributed by atoms with Gasteiger partial charge in [0.15, 0.2) is 0 Å². The van der Waals surface area contributed by atoms with Crippen molar-refractivity contribution in [2.24, 2.45) is 32.5 Å². The highest BCUT2D eigenvalue weighted by molar-refractivity contribution is 5.25. The summed E-state index contributed by atoms with van der Waals surface area (Å²) in [5.74, 6) is 0. The minimum atomic E-state index is 0.343. The third-order valence-electron chi connectivity index (χ3n) is 15.3. The van der Waals surface area contributed by atoms with E-state index in [1.807, 2.05) is 0 Å². The second-order valence-corrected chi connectivity index (χ2v) is 33.2. The minimum Gasteiger partial charge on any atom is -0.0654 e. The molecule has 0 fully saturated rings. The molecule has 0 heterocycles. The maximum atomic E-state index is 2.31. The standard InChI is InChI=1S/C14H22.3C13H20.2C12H18.C11H16/c1-12-7-9-13(10-8-12)6-5-11-14(2,3)4;2*1-11-5-7-12(8-6-11)9-10-13(2,3)4;1-13(2,3)11-7-10-12-8-5-4-6-9-12;1-12(2,3)10-9-11-7-5-4-6-8-11;1-4-10-12(2,3)11-8-6-5-7-9-11;1-11(2,3)9-10-7-5-4-6-8-10/h7-10H,5-6,11H2,1-4H3;2*5-8H,9-10H2,1-4H3;4-6,8-9H,7,10-11H2,1-3H3;4-8H,9-10H2,1-3H3;5-9H,4,10H2,1-3H3;4-8H,9H2,1-3H3. The molecule has 0 spiro atoms. The van der Waals surface area contributed by atoms with Gasteiger partial charge in [0.1, 0.15) is 0 Å². The van der Waals surface area contributed by atoms with Crippen LogP contribution in [0.3, 0.4) is 0 Å². The van der Waals surface area contributed by atoms with Gasteiger partial charge in [-0.1, -0.05) is 363 Å². The summed E-state index contributed by atoms with van der Waals surface area (Å²) in [5, 5.41) is 0. The van der Waals surface area contributed by atoms with Crippen LogP contribution in [0.1, 0.15) is 259 Å². The SMILES string of the molecule is CC(C)(C)CCCc1ccccc1.CC(C)(C)CCc1ccccc1.CC(C)(C)Cc1ccccc1.CCCC(C)(C)c1ccccc1.Cc1ccc(CCC(C)(C)C)cc1.Cc1ccc(CCC(C)(C)C)cc1.Cc1ccc(CCCC(C)(C)C)cc1. The lowest BCUT2D eigenvalue weighted by Gasteiger charge is -2.24. The van der Waals surface area contributed by atoms with Crippen LogP contribution in [0.2, 0.25) is 0 Å². The molecule has 0 saturated heterocycles. The van der Waals surface area contributed by atoms with Crippen molar-refractivity contribution in [2.45, 2.75) is 268 Å². The Balaban J connectivity index is 0.000000514. The van der Waals surface area contributed by atoms with Crippen LogP contribution in [0.15, 0.2) is 194 Å². The fraction of sp³-hybridized carbons (Fsp3) is 0.523. The maximum Gasteiger partial charge on any atom is -0.0104 e. The van der Waals surface area contributed by atoms with Gasteiger partial charge < -0.3 is 0 Å². The van der Waals surface area contributed by atoms with E-state index in [0.29, 0.717) is 37.9 Å². The zero-order chi connectivity index (χ0) is 66.5. The Hall–Kier alpha value is -5.46. The van der Waals surface area contributed by atoms with Gasteiger partial charge in [0, 0.05) is 0 Å². The number of hydrogen-bond acceptors (Lipinski definition) is 0. The summed E-state index contributed by atoms with van der Waals surface area (Å²) in [6, 6.07) is 69.4. The molecule has 0 aliphatic heterocycles. The zero-order valence-corrected chi connectivity index (χ0v) is 61.6. The summed E-state index contributed by atoms with van der Waals surface area (Å²) in [5.41, 5.74) is 17.3. The van der Waals surface area contributed by atoms with Crippen LogP contribution in [-0.2, 0) is 43.9 Å². The Morgan fingerprint density at radius 1 is 0.227 bits per heavy atom. The lowest BCUT2D eigenvalue weighted by molar-refractivity contribution is 0.365. The Labute approximate surface area is 547 Å². The molecule has 0 aliphatic rings. The molecule has 486 valence electrons. The summed E-state index contributed by atoms with van der Waals surface area (Å²) < 4.78 is 0. The van der Waals surface area contributed by atoms with Crippen LogP contribution >= 0.6 is 0 Å². The van der Waals surface area contributed by atoms with Crippen molar-refractivity contribution in [3.63, 3.8) is 0 Å². The summed E-state index contributed by atoms with van der Waals surface area (Å²) in [6.45, 7) is 54.5. The molecular weight excluding hydrogens is 1060 g/mol. The first kappa shape index (κ1) is 80.6. The first-order valence-electron chi connectivity index (χ1n) is 34.2. The van der Waals surface area contributed by atoms with Gasteiger partial charge in [0.05, 0.1) is 0 Å². The first-order chi connectivity index (χ1) is 40.8. The molecule has 0 heteroatoms. The molecule has 7 aromatic rings. The van der Waals surface area contributed by atoms with E-state index in [1.165, 1.54) is 146 Å². The lowest BCUT2D eigenvalue weighted by atomic mass is 9.81. The van der Waals surface area contributed by atoms with Gasteiger partial charge in [-0.05, 0) is 188 Å². The summed E-state index contributed by atoms with van der Waals surface area (Å²) in [4.78, 5) is 0.